The average Bonchev–Trinajstić information content (AvgIpc) is 2.57. The van der Waals surface area contributed by atoms with E-state index in [-0.39, 0.29) is 11.7 Å². The van der Waals surface area contributed by atoms with E-state index in [1.807, 2.05) is 6.92 Å². The van der Waals surface area contributed by atoms with Crippen molar-refractivity contribution in [3.8, 4) is 0 Å². The van der Waals surface area contributed by atoms with E-state index < -0.39 is 23.9 Å². The number of amides is 4. The summed E-state index contributed by atoms with van der Waals surface area (Å²) in [5, 5.41) is 3.35. The second-order valence-electron chi connectivity index (χ2n) is 5.27. The van der Waals surface area contributed by atoms with E-state index in [1.165, 1.54) is 11.8 Å². The first-order valence-electron chi connectivity index (χ1n) is 7.47. The average molecular weight is 407 g/mol. The van der Waals surface area contributed by atoms with Crippen LogP contribution in [0.15, 0.2) is 23.1 Å². The highest BCUT2D eigenvalue weighted by Gasteiger charge is 2.25. The predicted molar refractivity (Wildman–Crippen MR) is 99.4 cm³/mol. The Morgan fingerprint density at radius 1 is 1.24 bits per heavy atom. The van der Waals surface area contributed by atoms with Crippen LogP contribution in [0.4, 0.5) is 4.79 Å². The number of nitrogens with two attached hydrogens (primary N) is 1. The number of hydrazine groups is 1. The lowest BCUT2D eigenvalue weighted by atomic mass is 9.99. The molecule has 0 aliphatic carbocycles. The zero-order valence-corrected chi connectivity index (χ0v) is 16.1. The Balaban J connectivity index is 2.52. The summed E-state index contributed by atoms with van der Waals surface area (Å²) in [6.45, 7) is 3.66. The standard InChI is InChI=1S/C15H20Cl2N4O3S/c1-3-8(2)13(19-15(18)24)14(23)21-20-12(22)7-25-11-6-9(16)4-5-10(11)17/h4-6,8,13H,3,7H2,1-2H3,(H,20,22)(H,21,23)(H3,18,19,24). The summed E-state index contributed by atoms with van der Waals surface area (Å²) in [4.78, 5) is 35.6. The van der Waals surface area contributed by atoms with Crippen LogP contribution in [0.25, 0.3) is 0 Å². The SMILES string of the molecule is CCC(C)C(NC(N)=O)C(=O)NNC(=O)CSc1cc(Cl)ccc1Cl. The van der Waals surface area contributed by atoms with Gasteiger partial charge in [-0.25, -0.2) is 4.79 Å². The minimum Gasteiger partial charge on any atom is -0.352 e. The van der Waals surface area contributed by atoms with Gasteiger partial charge < -0.3 is 11.1 Å². The molecule has 0 aromatic heterocycles. The minimum atomic E-state index is -0.835. The van der Waals surface area contributed by atoms with Gasteiger partial charge in [0.25, 0.3) is 5.91 Å². The number of hydrogen-bond acceptors (Lipinski definition) is 4. The molecule has 2 atom stereocenters. The zero-order valence-electron chi connectivity index (χ0n) is 13.8. The summed E-state index contributed by atoms with van der Waals surface area (Å²) in [5.41, 5.74) is 9.65. The van der Waals surface area contributed by atoms with Gasteiger partial charge in [-0.1, -0.05) is 43.5 Å². The van der Waals surface area contributed by atoms with Gasteiger partial charge in [-0.2, -0.15) is 0 Å². The van der Waals surface area contributed by atoms with Gasteiger partial charge in [0.05, 0.1) is 10.8 Å². The molecule has 0 heterocycles. The molecule has 5 N–H and O–H groups in total. The molecule has 1 rings (SSSR count). The fraction of sp³-hybridized carbons (Fsp3) is 0.400. The fourth-order valence-electron chi connectivity index (χ4n) is 1.83. The van der Waals surface area contributed by atoms with Crippen LogP contribution in [0, 0.1) is 5.92 Å². The molecule has 1 aromatic carbocycles. The Labute approximate surface area is 160 Å². The Hall–Kier alpha value is -1.64. The summed E-state index contributed by atoms with van der Waals surface area (Å²) < 4.78 is 0. The number of rotatable bonds is 7. The Morgan fingerprint density at radius 2 is 1.92 bits per heavy atom. The number of halogens is 2. The molecule has 7 nitrogen and oxygen atoms in total. The number of nitrogens with one attached hydrogen (secondary N) is 3. The maximum absolute atomic E-state index is 12.1. The lowest BCUT2D eigenvalue weighted by Crippen LogP contribution is -2.55. The number of benzene rings is 1. The van der Waals surface area contributed by atoms with Crippen molar-refractivity contribution in [2.75, 3.05) is 5.75 Å². The number of carbonyl (C=O) groups excluding carboxylic acids is 3. The van der Waals surface area contributed by atoms with Gasteiger partial charge in [-0.15, -0.1) is 11.8 Å². The van der Waals surface area contributed by atoms with Gasteiger partial charge in [-0.3, -0.25) is 20.4 Å². The van der Waals surface area contributed by atoms with E-state index in [0.717, 1.165) is 0 Å². The van der Waals surface area contributed by atoms with Crippen LogP contribution >= 0.6 is 35.0 Å². The van der Waals surface area contributed by atoms with E-state index in [9.17, 15) is 14.4 Å². The van der Waals surface area contributed by atoms with Gasteiger partial charge in [0.2, 0.25) is 5.91 Å². The van der Waals surface area contributed by atoms with Crippen LogP contribution in [0.2, 0.25) is 10.0 Å². The van der Waals surface area contributed by atoms with Gasteiger partial charge in [0.15, 0.2) is 0 Å². The molecule has 0 fully saturated rings. The maximum Gasteiger partial charge on any atom is 0.312 e. The molecule has 0 aliphatic heterocycles. The van der Waals surface area contributed by atoms with Gasteiger partial charge in [0.1, 0.15) is 6.04 Å². The van der Waals surface area contributed by atoms with E-state index in [1.54, 1.807) is 25.1 Å². The van der Waals surface area contributed by atoms with Crippen molar-refractivity contribution in [1.29, 1.82) is 0 Å². The molecule has 0 radical (unpaired) electrons. The molecule has 2 unspecified atom stereocenters. The fourth-order valence-corrected chi connectivity index (χ4v) is 3.12. The third-order valence-corrected chi connectivity index (χ3v) is 5.10. The predicted octanol–water partition coefficient (Wildman–Crippen LogP) is 2.32. The number of urea groups is 1. The molecule has 0 spiro atoms. The molecular formula is C15H20Cl2N4O3S. The van der Waals surface area contributed by atoms with Crippen molar-refractivity contribution < 1.29 is 14.4 Å². The van der Waals surface area contributed by atoms with Crippen molar-refractivity contribution in [2.45, 2.75) is 31.2 Å². The van der Waals surface area contributed by atoms with Crippen LogP contribution < -0.4 is 21.9 Å². The molecule has 25 heavy (non-hydrogen) atoms. The van der Waals surface area contributed by atoms with Gasteiger partial charge >= 0.3 is 6.03 Å². The Morgan fingerprint density at radius 3 is 2.52 bits per heavy atom. The Bertz CT molecular complexity index is 645. The summed E-state index contributed by atoms with van der Waals surface area (Å²) in [6, 6.07) is 3.29. The summed E-state index contributed by atoms with van der Waals surface area (Å²) in [5.74, 6) is -1.11. The minimum absolute atomic E-state index is 0.0254. The number of hydrogen-bond donors (Lipinski definition) is 4. The smallest absolute Gasteiger partial charge is 0.312 e. The highest BCUT2D eigenvalue weighted by Crippen LogP contribution is 2.29. The van der Waals surface area contributed by atoms with Crippen molar-refractivity contribution in [1.82, 2.24) is 16.2 Å². The lowest BCUT2D eigenvalue weighted by molar-refractivity contribution is -0.129. The zero-order chi connectivity index (χ0) is 19.0. The molecule has 0 aliphatic rings. The summed E-state index contributed by atoms with van der Waals surface area (Å²) in [7, 11) is 0. The van der Waals surface area contributed by atoms with Gasteiger partial charge in [0, 0.05) is 9.92 Å². The first kappa shape index (κ1) is 21.4. The number of thioether (sulfide) groups is 1. The van der Waals surface area contributed by atoms with Crippen LogP contribution in [-0.2, 0) is 9.59 Å². The largest absolute Gasteiger partial charge is 0.352 e. The van der Waals surface area contributed by atoms with Crippen molar-refractivity contribution in [3.05, 3.63) is 28.2 Å². The molecule has 138 valence electrons. The normalized spacial score (nSPS) is 12.8. The van der Waals surface area contributed by atoms with Crippen LogP contribution in [-0.4, -0.2) is 29.6 Å². The monoisotopic (exact) mass is 406 g/mol. The lowest BCUT2D eigenvalue weighted by Gasteiger charge is -2.22. The molecule has 0 saturated carbocycles. The molecular weight excluding hydrogens is 387 g/mol. The summed E-state index contributed by atoms with van der Waals surface area (Å²) >= 11 is 13.1. The molecule has 0 bridgehead atoms. The quantitative estimate of drug-likeness (QED) is 0.410. The van der Waals surface area contributed by atoms with Crippen molar-refractivity contribution in [3.63, 3.8) is 0 Å². The highest BCUT2D eigenvalue weighted by atomic mass is 35.5. The van der Waals surface area contributed by atoms with E-state index in [4.69, 9.17) is 28.9 Å². The molecule has 1 aromatic rings. The second kappa shape index (κ2) is 10.4. The van der Waals surface area contributed by atoms with Crippen LogP contribution in [0.1, 0.15) is 20.3 Å². The third kappa shape index (κ3) is 7.41. The number of primary amides is 1. The highest BCUT2D eigenvalue weighted by molar-refractivity contribution is 8.00. The number of carbonyl (C=O) groups is 3. The van der Waals surface area contributed by atoms with Crippen LogP contribution in [0.5, 0.6) is 0 Å². The second-order valence-corrected chi connectivity index (χ2v) is 7.13. The van der Waals surface area contributed by atoms with E-state index in [2.05, 4.69) is 16.2 Å². The molecule has 4 amide bonds. The van der Waals surface area contributed by atoms with Crippen molar-refractivity contribution >= 4 is 52.8 Å². The van der Waals surface area contributed by atoms with E-state index in [0.29, 0.717) is 21.4 Å². The molecule has 10 heteroatoms. The van der Waals surface area contributed by atoms with E-state index >= 15 is 0 Å². The summed E-state index contributed by atoms with van der Waals surface area (Å²) in [6.07, 6.45) is 0.648. The first-order chi connectivity index (χ1) is 11.7. The first-order valence-corrected chi connectivity index (χ1v) is 9.21. The van der Waals surface area contributed by atoms with Crippen molar-refractivity contribution in [2.24, 2.45) is 11.7 Å². The molecule has 0 saturated heterocycles. The van der Waals surface area contributed by atoms with Crippen LogP contribution in [0.3, 0.4) is 0 Å². The topological polar surface area (TPSA) is 113 Å². The third-order valence-electron chi connectivity index (χ3n) is 3.37. The van der Waals surface area contributed by atoms with Gasteiger partial charge in [-0.05, 0) is 24.1 Å². The maximum atomic E-state index is 12.1. The Kier molecular flexibility index (Phi) is 8.88.